The molecule has 8 nitrogen and oxygen atoms in total. The molecule has 4 aromatic rings. The van der Waals surface area contributed by atoms with E-state index in [0.29, 0.717) is 26.2 Å². The standard InChI is InChI=1S/C40H38N2O6/c1-45-35-21-9-5-13-29(35)17-11-25-41-27-31-15-3-7-19-33(31)39(41)47-37(43)23-24-38(44)48-40-34-20-8-4-16-32(34)28-42(40)26-12-18-30-14-6-10-22-36(30)46-2/h3-24,39-40H,25-28H2,1-2H3/b17-11+,18-12+,24-23-. The largest absolute Gasteiger partial charge is 0.496 e. The Labute approximate surface area is 281 Å². The lowest BCUT2D eigenvalue weighted by Gasteiger charge is -2.23. The first-order valence-electron chi connectivity index (χ1n) is 15.9. The summed E-state index contributed by atoms with van der Waals surface area (Å²) in [6.07, 6.45) is 9.12. The summed E-state index contributed by atoms with van der Waals surface area (Å²) >= 11 is 0. The normalized spacial score (nSPS) is 17.5. The number of carbonyl (C=O) groups is 2. The highest BCUT2D eigenvalue weighted by Crippen LogP contribution is 2.36. The molecule has 0 radical (unpaired) electrons. The number of fused-ring (bicyclic) bond motifs is 2. The quantitative estimate of drug-likeness (QED) is 0.120. The highest BCUT2D eigenvalue weighted by molar-refractivity contribution is 5.92. The molecule has 8 heteroatoms. The lowest BCUT2D eigenvalue weighted by Crippen LogP contribution is -2.27. The number of methoxy groups -OCH3 is 2. The van der Waals surface area contributed by atoms with Gasteiger partial charge in [-0.3, -0.25) is 9.80 Å². The van der Waals surface area contributed by atoms with Crippen LogP contribution in [0.4, 0.5) is 0 Å². The van der Waals surface area contributed by atoms with Crippen molar-refractivity contribution in [3.63, 3.8) is 0 Å². The van der Waals surface area contributed by atoms with Crippen LogP contribution in [0.25, 0.3) is 12.2 Å². The van der Waals surface area contributed by atoms with Crippen LogP contribution in [-0.4, -0.2) is 49.0 Å². The Hall–Kier alpha value is -5.44. The van der Waals surface area contributed by atoms with Crippen LogP contribution in [0.2, 0.25) is 0 Å². The predicted octanol–water partition coefficient (Wildman–Crippen LogP) is 7.10. The second-order valence-corrected chi connectivity index (χ2v) is 11.5. The molecule has 0 bridgehead atoms. The van der Waals surface area contributed by atoms with Crippen molar-refractivity contribution in [2.75, 3.05) is 27.3 Å². The highest BCUT2D eigenvalue weighted by atomic mass is 16.6. The minimum Gasteiger partial charge on any atom is -0.496 e. The van der Waals surface area contributed by atoms with Gasteiger partial charge in [0, 0.05) is 60.6 Å². The molecule has 2 aliphatic rings. The van der Waals surface area contributed by atoms with Gasteiger partial charge < -0.3 is 18.9 Å². The number of carbonyl (C=O) groups excluding carboxylic acids is 2. The SMILES string of the molecule is COc1ccccc1/C=C/CN1Cc2ccccc2C1OC(=O)/C=C\C(=O)OC1c2ccccc2CN1C/C=C/c1ccccc1OC. The minimum atomic E-state index is -0.629. The van der Waals surface area contributed by atoms with Crippen molar-refractivity contribution >= 4 is 24.1 Å². The van der Waals surface area contributed by atoms with Crippen LogP contribution >= 0.6 is 0 Å². The van der Waals surface area contributed by atoms with Crippen LogP contribution in [0.1, 0.15) is 45.8 Å². The maximum absolute atomic E-state index is 13.1. The molecule has 0 aliphatic carbocycles. The summed E-state index contributed by atoms with van der Waals surface area (Å²) in [4.78, 5) is 30.2. The van der Waals surface area contributed by atoms with E-state index in [4.69, 9.17) is 18.9 Å². The van der Waals surface area contributed by atoms with E-state index in [1.807, 2.05) is 121 Å². The maximum atomic E-state index is 13.1. The van der Waals surface area contributed by atoms with Gasteiger partial charge in [0.05, 0.1) is 14.2 Å². The summed E-state index contributed by atoms with van der Waals surface area (Å²) in [5, 5.41) is 0. The number of ether oxygens (including phenoxy) is 4. The molecular formula is C40H38N2O6. The lowest BCUT2D eigenvalue weighted by molar-refractivity contribution is -0.155. The van der Waals surface area contributed by atoms with Gasteiger partial charge >= 0.3 is 11.9 Å². The fourth-order valence-electron chi connectivity index (χ4n) is 6.10. The summed E-state index contributed by atoms with van der Waals surface area (Å²) in [6.45, 7) is 2.33. The maximum Gasteiger partial charge on any atom is 0.332 e. The topological polar surface area (TPSA) is 77.5 Å². The van der Waals surface area contributed by atoms with Gasteiger partial charge in [0.2, 0.25) is 0 Å². The molecule has 0 saturated heterocycles. The smallest absolute Gasteiger partial charge is 0.332 e. The average molecular weight is 643 g/mol. The third kappa shape index (κ3) is 7.57. The molecule has 2 unspecified atom stereocenters. The van der Waals surface area contributed by atoms with Crippen molar-refractivity contribution in [3.8, 4) is 11.5 Å². The molecule has 0 saturated carbocycles. The van der Waals surface area contributed by atoms with E-state index in [9.17, 15) is 9.59 Å². The van der Waals surface area contributed by atoms with E-state index in [1.165, 1.54) is 0 Å². The molecule has 0 N–H and O–H groups in total. The van der Waals surface area contributed by atoms with Crippen molar-refractivity contribution in [2.45, 2.75) is 25.5 Å². The van der Waals surface area contributed by atoms with Gasteiger partial charge in [-0.25, -0.2) is 9.59 Å². The summed E-state index contributed by atoms with van der Waals surface area (Å²) < 4.78 is 22.7. The van der Waals surface area contributed by atoms with Gasteiger partial charge in [-0.15, -0.1) is 0 Å². The zero-order chi connectivity index (χ0) is 33.3. The third-order valence-electron chi connectivity index (χ3n) is 8.42. The minimum absolute atomic E-state index is 0.541. The first kappa shape index (κ1) is 32.5. The molecule has 244 valence electrons. The molecule has 0 fully saturated rings. The fraction of sp³-hybridized carbons (Fsp3) is 0.200. The van der Waals surface area contributed by atoms with Crippen molar-refractivity contribution in [1.82, 2.24) is 9.80 Å². The van der Waals surface area contributed by atoms with Crippen molar-refractivity contribution in [2.24, 2.45) is 0 Å². The van der Waals surface area contributed by atoms with E-state index in [0.717, 1.165) is 57.0 Å². The molecule has 48 heavy (non-hydrogen) atoms. The van der Waals surface area contributed by atoms with Crippen LogP contribution in [0, 0.1) is 0 Å². The second-order valence-electron chi connectivity index (χ2n) is 11.5. The second kappa shape index (κ2) is 15.4. The summed E-state index contributed by atoms with van der Waals surface area (Å²) in [5.41, 5.74) is 5.94. The fourth-order valence-corrected chi connectivity index (χ4v) is 6.10. The summed E-state index contributed by atoms with van der Waals surface area (Å²) in [6, 6.07) is 31.4. The Kier molecular flexibility index (Phi) is 10.4. The first-order valence-corrected chi connectivity index (χ1v) is 15.9. The van der Waals surface area contributed by atoms with E-state index >= 15 is 0 Å². The average Bonchev–Trinajstić information content (AvgIpc) is 3.64. The Bertz CT molecular complexity index is 1710. The molecule has 6 rings (SSSR count). The number of hydrogen-bond acceptors (Lipinski definition) is 8. The molecule has 2 aliphatic heterocycles. The Morgan fingerprint density at radius 3 is 1.44 bits per heavy atom. The first-order chi connectivity index (χ1) is 23.5. The third-order valence-corrected chi connectivity index (χ3v) is 8.42. The molecule has 0 aromatic heterocycles. The Balaban J connectivity index is 1.10. The molecule has 0 amide bonds. The van der Waals surface area contributed by atoms with E-state index in [2.05, 4.69) is 9.80 Å². The van der Waals surface area contributed by atoms with E-state index < -0.39 is 24.4 Å². The zero-order valence-corrected chi connectivity index (χ0v) is 27.0. The van der Waals surface area contributed by atoms with Crippen LogP contribution in [-0.2, 0) is 32.2 Å². The van der Waals surface area contributed by atoms with Gasteiger partial charge in [-0.1, -0.05) is 109 Å². The zero-order valence-electron chi connectivity index (χ0n) is 27.0. The van der Waals surface area contributed by atoms with E-state index in [-0.39, 0.29) is 0 Å². The Morgan fingerprint density at radius 1 is 0.604 bits per heavy atom. The number of para-hydroxylation sites is 2. The lowest BCUT2D eigenvalue weighted by atomic mass is 10.1. The van der Waals surface area contributed by atoms with Crippen molar-refractivity contribution < 1.29 is 28.5 Å². The number of hydrogen-bond donors (Lipinski definition) is 0. The van der Waals surface area contributed by atoms with Gasteiger partial charge in [-0.05, 0) is 23.3 Å². The van der Waals surface area contributed by atoms with Crippen LogP contribution in [0.3, 0.4) is 0 Å². The van der Waals surface area contributed by atoms with Crippen LogP contribution in [0.15, 0.2) is 121 Å². The van der Waals surface area contributed by atoms with Crippen LogP contribution in [0.5, 0.6) is 11.5 Å². The monoisotopic (exact) mass is 642 g/mol. The van der Waals surface area contributed by atoms with Crippen molar-refractivity contribution in [1.29, 1.82) is 0 Å². The summed E-state index contributed by atoms with van der Waals surface area (Å²) in [7, 11) is 3.29. The molecule has 2 atom stereocenters. The number of benzene rings is 4. The van der Waals surface area contributed by atoms with Crippen molar-refractivity contribution in [3.05, 3.63) is 155 Å². The molecule has 0 spiro atoms. The van der Waals surface area contributed by atoms with Crippen LogP contribution < -0.4 is 9.47 Å². The van der Waals surface area contributed by atoms with Gasteiger partial charge in [-0.2, -0.15) is 0 Å². The predicted molar refractivity (Wildman–Crippen MR) is 185 cm³/mol. The van der Waals surface area contributed by atoms with Gasteiger partial charge in [0.25, 0.3) is 0 Å². The summed E-state index contributed by atoms with van der Waals surface area (Å²) in [5.74, 6) is 0.311. The van der Waals surface area contributed by atoms with Gasteiger partial charge in [0.15, 0.2) is 12.5 Å². The highest BCUT2D eigenvalue weighted by Gasteiger charge is 2.33. The number of nitrogens with zero attached hydrogens (tertiary/aromatic N) is 2. The Morgan fingerprint density at radius 2 is 1.00 bits per heavy atom. The van der Waals surface area contributed by atoms with E-state index in [1.54, 1.807) is 14.2 Å². The molecular weight excluding hydrogens is 604 g/mol. The van der Waals surface area contributed by atoms with Gasteiger partial charge in [0.1, 0.15) is 11.5 Å². The molecule has 2 heterocycles. The number of esters is 2. The number of rotatable bonds is 12. The molecule has 4 aromatic carbocycles.